The van der Waals surface area contributed by atoms with E-state index in [9.17, 15) is 20.1 Å². The summed E-state index contributed by atoms with van der Waals surface area (Å²) in [6, 6.07) is 0. The van der Waals surface area contributed by atoms with Gasteiger partial charge in [-0.25, -0.2) is 0 Å². The minimum Gasteiger partial charge on any atom is -0.394 e. The minimum absolute atomic E-state index is 0.0156. The van der Waals surface area contributed by atoms with Crippen molar-refractivity contribution in [2.75, 3.05) is 6.61 Å². The van der Waals surface area contributed by atoms with Crippen LogP contribution in [0.15, 0.2) is 11.6 Å². The molecule has 0 unspecified atom stereocenters. The molecule has 0 amide bonds. The third-order valence-corrected chi connectivity index (χ3v) is 7.69. The van der Waals surface area contributed by atoms with E-state index in [4.69, 9.17) is 0 Å². The summed E-state index contributed by atoms with van der Waals surface area (Å²) >= 11 is 0. The van der Waals surface area contributed by atoms with Crippen LogP contribution in [-0.2, 0) is 4.79 Å². The number of allylic oxidation sites excluding steroid dienone is 2. The van der Waals surface area contributed by atoms with Gasteiger partial charge in [0.2, 0.25) is 0 Å². The third kappa shape index (κ3) is 2.41. The molecule has 3 N–H and O–H groups in total. The fourth-order valence-electron chi connectivity index (χ4n) is 6.11. The molecular formula is C20H32O4. The number of hydrogen-bond acceptors (Lipinski definition) is 4. The largest absolute Gasteiger partial charge is 0.394 e. The molecular weight excluding hydrogens is 304 g/mol. The maximum atomic E-state index is 12.5. The van der Waals surface area contributed by atoms with Gasteiger partial charge in [0.25, 0.3) is 0 Å². The Kier molecular flexibility index (Phi) is 4.26. The number of aliphatic hydroxyl groups excluding tert-OH is 3. The summed E-state index contributed by atoms with van der Waals surface area (Å²) in [5.41, 5.74) is 0.498. The average Bonchev–Trinajstić information content (AvgIpc) is 2.51. The number of aliphatic hydroxyl groups is 3. The maximum absolute atomic E-state index is 12.5. The second kappa shape index (κ2) is 5.65. The van der Waals surface area contributed by atoms with Gasteiger partial charge in [0.1, 0.15) is 6.10 Å². The first-order valence-corrected chi connectivity index (χ1v) is 9.26. The highest BCUT2D eigenvalue weighted by Gasteiger charge is 2.59. The molecule has 4 nitrogen and oxygen atoms in total. The van der Waals surface area contributed by atoms with Crippen LogP contribution in [0.1, 0.15) is 59.8 Å². The van der Waals surface area contributed by atoms with Crippen molar-refractivity contribution in [1.29, 1.82) is 0 Å². The summed E-state index contributed by atoms with van der Waals surface area (Å²) in [5, 5.41) is 30.0. The van der Waals surface area contributed by atoms with Gasteiger partial charge in [-0.1, -0.05) is 39.3 Å². The molecule has 0 bridgehead atoms. The van der Waals surface area contributed by atoms with Crippen LogP contribution in [0.5, 0.6) is 0 Å². The molecule has 0 aliphatic heterocycles. The molecule has 0 aromatic heterocycles. The zero-order valence-electron chi connectivity index (χ0n) is 15.4. The molecule has 24 heavy (non-hydrogen) atoms. The Morgan fingerprint density at radius 3 is 2.58 bits per heavy atom. The minimum atomic E-state index is -0.864. The summed E-state index contributed by atoms with van der Waals surface area (Å²) in [6.45, 7) is 8.08. The number of carbonyl (C=O) groups is 1. The normalized spacial score (nSPS) is 45.9. The molecule has 6 atom stereocenters. The van der Waals surface area contributed by atoms with Gasteiger partial charge >= 0.3 is 0 Å². The van der Waals surface area contributed by atoms with E-state index in [0.29, 0.717) is 12.3 Å². The number of fused-ring (bicyclic) bond motifs is 3. The standard InChI is InChI=1S/C20H32O4/c1-18(2)15-6-5-12-9-19(3,16(23)11-21)8-7-13(12)20(15,4)10-14(22)17(18)24/h5,13-16,21-23H,6-11H2,1-4H3/t13-,14+,15-,16+,19+,20+/m1/s1. The van der Waals surface area contributed by atoms with Crippen molar-refractivity contribution in [3.05, 3.63) is 11.6 Å². The molecule has 0 spiro atoms. The highest BCUT2D eigenvalue weighted by atomic mass is 16.3. The average molecular weight is 336 g/mol. The van der Waals surface area contributed by atoms with E-state index >= 15 is 0 Å². The zero-order valence-corrected chi connectivity index (χ0v) is 15.4. The van der Waals surface area contributed by atoms with E-state index in [2.05, 4.69) is 19.9 Å². The highest BCUT2D eigenvalue weighted by molar-refractivity contribution is 5.89. The Labute approximate surface area is 145 Å². The molecule has 0 aromatic rings. The number of carbonyl (C=O) groups excluding carboxylic acids is 1. The van der Waals surface area contributed by atoms with Gasteiger partial charge in [-0.15, -0.1) is 0 Å². The predicted molar refractivity (Wildman–Crippen MR) is 92.2 cm³/mol. The SMILES string of the molecule is CC1(C)C(=O)[C@@H](O)C[C@@]2(C)[C@@H]3CC[C@](C)([C@@H](O)CO)CC3=CC[C@H]12. The van der Waals surface area contributed by atoms with Crippen LogP contribution < -0.4 is 0 Å². The molecule has 0 heterocycles. The lowest BCUT2D eigenvalue weighted by atomic mass is 9.45. The van der Waals surface area contributed by atoms with Gasteiger partial charge in [0.15, 0.2) is 5.78 Å². The Morgan fingerprint density at radius 2 is 1.96 bits per heavy atom. The van der Waals surface area contributed by atoms with Crippen molar-refractivity contribution in [3.8, 4) is 0 Å². The Balaban J connectivity index is 1.95. The fraction of sp³-hybridized carbons (Fsp3) is 0.850. The summed E-state index contributed by atoms with van der Waals surface area (Å²) in [6.07, 6.45) is 4.74. The number of ketones is 1. The van der Waals surface area contributed by atoms with E-state index in [1.807, 2.05) is 13.8 Å². The molecule has 2 saturated carbocycles. The first-order chi connectivity index (χ1) is 11.1. The summed E-state index contributed by atoms with van der Waals surface area (Å²) in [7, 11) is 0. The van der Waals surface area contributed by atoms with E-state index in [0.717, 1.165) is 25.7 Å². The number of Topliss-reactive ketones (excluding diaryl/α,β-unsaturated/α-hetero) is 1. The molecule has 3 rings (SSSR count). The highest BCUT2D eigenvalue weighted by Crippen LogP contribution is 2.62. The lowest BCUT2D eigenvalue weighted by Gasteiger charge is -2.59. The van der Waals surface area contributed by atoms with Gasteiger partial charge in [0.05, 0.1) is 12.7 Å². The van der Waals surface area contributed by atoms with Crippen LogP contribution in [0.4, 0.5) is 0 Å². The van der Waals surface area contributed by atoms with E-state index in [-0.39, 0.29) is 29.1 Å². The van der Waals surface area contributed by atoms with Crippen molar-refractivity contribution in [3.63, 3.8) is 0 Å². The van der Waals surface area contributed by atoms with Gasteiger partial charge in [-0.2, -0.15) is 0 Å². The van der Waals surface area contributed by atoms with Gasteiger partial charge < -0.3 is 15.3 Å². The van der Waals surface area contributed by atoms with E-state index in [1.165, 1.54) is 5.57 Å². The second-order valence-corrected chi connectivity index (χ2v) is 9.50. The van der Waals surface area contributed by atoms with Crippen LogP contribution in [-0.4, -0.2) is 39.9 Å². The molecule has 0 radical (unpaired) electrons. The fourth-order valence-corrected chi connectivity index (χ4v) is 6.11. The maximum Gasteiger partial charge on any atom is 0.167 e. The Morgan fingerprint density at radius 1 is 1.29 bits per heavy atom. The summed E-state index contributed by atoms with van der Waals surface area (Å²) in [4.78, 5) is 12.5. The Hall–Kier alpha value is -0.710. The van der Waals surface area contributed by atoms with Gasteiger partial charge in [-0.05, 0) is 54.8 Å². The second-order valence-electron chi connectivity index (χ2n) is 9.50. The first kappa shape index (κ1) is 18.1. The molecule has 3 aliphatic rings. The van der Waals surface area contributed by atoms with E-state index in [1.54, 1.807) is 0 Å². The van der Waals surface area contributed by atoms with Crippen molar-refractivity contribution < 1.29 is 20.1 Å². The lowest BCUT2D eigenvalue weighted by molar-refractivity contribution is -0.160. The first-order valence-electron chi connectivity index (χ1n) is 9.26. The Bertz CT molecular complexity index is 566. The van der Waals surface area contributed by atoms with Crippen molar-refractivity contribution in [1.82, 2.24) is 0 Å². The molecule has 136 valence electrons. The van der Waals surface area contributed by atoms with Gasteiger partial charge in [-0.3, -0.25) is 4.79 Å². The smallest absolute Gasteiger partial charge is 0.167 e. The summed E-state index contributed by atoms with van der Waals surface area (Å²) in [5.74, 6) is 0.595. The predicted octanol–water partition coefficient (Wildman–Crippen LogP) is 2.46. The van der Waals surface area contributed by atoms with Crippen LogP contribution in [0.3, 0.4) is 0 Å². The molecule has 3 aliphatic carbocycles. The molecule has 0 aromatic carbocycles. The van der Waals surface area contributed by atoms with Gasteiger partial charge in [0, 0.05) is 5.41 Å². The van der Waals surface area contributed by atoms with E-state index < -0.39 is 17.6 Å². The lowest BCUT2D eigenvalue weighted by Crippen LogP contribution is -2.58. The van der Waals surface area contributed by atoms with Crippen LogP contribution in [0, 0.1) is 28.1 Å². The quantitative estimate of drug-likeness (QED) is 0.677. The molecule has 2 fully saturated rings. The number of rotatable bonds is 2. The van der Waals surface area contributed by atoms with Crippen LogP contribution in [0.25, 0.3) is 0 Å². The third-order valence-electron chi connectivity index (χ3n) is 7.69. The molecule has 0 saturated heterocycles. The van der Waals surface area contributed by atoms with Crippen LogP contribution >= 0.6 is 0 Å². The van der Waals surface area contributed by atoms with Crippen molar-refractivity contribution in [2.24, 2.45) is 28.1 Å². The number of hydrogen-bond donors (Lipinski definition) is 3. The van der Waals surface area contributed by atoms with Crippen LogP contribution in [0.2, 0.25) is 0 Å². The summed E-state index contributed by atoms with van der Waals surface area (Å²) < 4.78 is 0. The monoisotopic (exact) mass is 336 g/mol. The zero-order chi connectivity index (χ0) is 17.9. The topological polar surface area (TPSA) is 77.8 Å². The molecule has 4 heteroatoms. The van der Waals surface area contributed by atoms with Crippen molar-refractivity contribution >= 4 is 5.78 Å². The van der Waals surface area contributed by atoms with Crippen molar-refractivity contribution in [2.45, 2.75) is 72.0 Å².